The zero-order valence-corrected chi connectivity index (χ0v) is 12.7. The van der Waals surface area contributed by atoms with E-state index in [4.69, 9.17) is 0 Å². The van der Waals surface area contributed by atoms with Crippen LogP contribution in [-0.2, 0) is 0 Å². The molecule has 2 atom stereocenters. The van der Waals surface area contributed by atoms with Crippen molar-refractivity contribution in [2.75, 3.05) is 0 Å². The monoisotopic (exact) mass is 328 g/mol. The van der Waals surface area contributed by atoms with Crippen LogP contribution in [0.4, 0.5) is 4.39 Å². The fraction of sp³-hybridized carbons (Fsp3) is 0.500. The van der Waals surface area contributed by atoms with Gasteiger partial charge >= 0.3 is 0 Å². The molecule has 5 heteroatoms. The normalized spacial score (nSPS) is 24.2. The lowest BCUT2D eigenvalue weighted by molar-refractivity contribution is 0.0369. The maximum atomic E-state index is 13.0. The van der Waals surface area contributed by atoms with Gasteiger partial charge in [-0.2, -0.15) is 0 Å². The van der Waals surface area contributed by atoms with Gasteiger partial charge in [-0.1, -0.05) is 6.42 Å². The van der Waals surface area contributed by atoms with E-state index >= 15 is 0 Å². The number of rotatable bonds is 2. The largest absolute Gasteiger partial charge is 0.284 e. The van der Waals surface area contributed by atoms with E-state index < -0.39 is 0 Å². The highest BCUT2D eigenvalue weighted by Gasteiger charge is 2.26. The van der Waals surface area contributed by atoms with Gasteiger partial charge in [0.1, 0.15) is 5.82 Å². The molecule has 0 aliphatic carbocycles. The van der Waals surface area contributed by atoms with Crippen molar-refractivity contribution in [3.8, 4) is 0 Å². The second-order valence-corrected chi connectivity index (χ2v) is 5.96. The lowest BCUT2D eigenvalue weighted by Crippen LogP contribution is -2.54. The van der Waals surface area contributed by atoms with Crippen molar-refractivity contribution < 1.29 is 9.18 Å². The first-order valence-corrected chi connectivity index (χ1v) is 7.32. The number of carbonyl (C=O) groups excluding carboxylic acids is 1. The fourth-order valence-corrected chi connectivity index (χ4v) is 3.02. The molecule has 1 aromatic rings. The minimum Gasteiger partial charge on any atom is -0.284 e. The number of benzene rings is 1. The molecule has 1 heterocycles. The molecular weight excluding hydrogens is 311 g/mol. The van der Waals surface area contributed by atoms with Gasteiger partial charge in [0.25, 0.3) is 5.91 Å². The SMILES string of the molecule is CC1CCCC(C)N1NC(=O)c1ccc(F)cc1Br. The summed E-state index contributed by atoms with van der Waals surface area (Å²) in [5.74, 6) is -0.560. The third-order valence-corrected chi connectivity index (χ3v) is 4.26. The van der Waals surface area contributed by atoms with E-state index in [0.717, 1.165) is 12.8 Å². The standard InChI is InChI=1S/C14H18BrFN2O/c1-9-4-3-5-10(2)18(9)17-14(19)12-7-6-11(16)8-13(12)15/h6-10H,3-5H2,1-2H3,(H,17,19). The number of carbonyl (C=O) groups is 1. The summed E-state index contributed by atoms with van der Waals surface area (Å²) in [6.45, 7) is 4.21. The van der Waals surface area contributed by atoms with Gasteiger partial charge < -0.3 is 0 Å². The fourth-order valence-electron chi connectivity index (χ4n) is 2.49. The minimum atomic E-state index is -0.358. The van der Waals surface area contributed by atoms with Crippen molar-refractivity contribution >= 4 is 21.8 Å². The summed E-state index contributed by atoms with van der Waals surface area (Å²) in [6.07, 6.45) is 3.35. The third-order valence-electron chi connectivity index (χ3n) is 3.60. The Hall–Kier alpha value is -0.940. The van der Waals surface area contributed by atoms with Gasteiger partial charge in [-0.25, -0.2) is 9.40 Å². The number of amides is 1. The highest BCUT2D eigenvalue weighted by atomic mass is 79.9. The van der Waals surface area contributed by atoms with Crippen LogP contribution in [0, 0.1) is 5.82 Å². The van der Waals surface area contributed by atoms with Crippen LogP contribution < -0.4 is 5.43 Å². The maximum absolute atomic E-state index is 13.0. The Balaban J connectivity index is 2.11. The molecule has 1 aromatic carbocycles. The molecule has 1 fully saturated rings. The molecule has 3 nitrogen and oxygen atoms in total. The number of nitrogens with zero attached hydrogens (tertiary/aromatic N) is 1. The summed E-state index contributed by atoms with van der Waals surface area (Å²) >= 11 is 3.22. The van der Waals surface area contributed by atoms with Crippen LogP contribution in [-0.4, -0.2) is 23.0 Å². The Morgan fingerprint density at radius 3 is 2.58 bits per heavy atom. The number of hydrogen-bond acceptors (Lipinski definition) is 2. The van der Waals surface area contributed by atoms with E-state index in [1.165, 1.54) is 24.6 Å². The van der Waals surface area contributed by atoms with Crippen LogP contribution in [0.5, 0.6) is 0 Å². The average molecular weight is 329 g/mol. The number of nitrogens with one attached hydrogen (secondary N) is 1. The van der Waals surface area contributed by atoms with Gasteiger partial charge in [0.2, 0.25) is 0 Å². The van der Waals surface area contributed by atoms with Crippen LogP contribution in [0.2, 0.25) is 0 Å². The number of halogens is 2. The van der Waals surface area contributed by atoms with E-state index in [-0.39, 0.29) is 11.7 Å². The molecule has 104 valence electrons. The lowest BCUT2D eigenvalue weighted by atomic mass is 10.00. The molecule has 0 radical (unpaired) electrons. The Morgan fingerprint density at radius 2 is 2.00 bits per heavy atom. The topological polar surface area (TPSA) is 32.3 Å². The predicted octanol–water partition coefficient (Wildman–Crippen LogP) is 3.50. The van der Waals surface area contributed by atoms with Gasteiger partial charge in [-0.05, 0) is 60.8 Å². The minimum absolute atomic E-state index is 0.201. The van der Waals surface area contributed by atoms with E-state index in [1.54, 1.807) is 0 Å². The van der Waals surface area contributed by atoms with Gasteiger partial charge in [0, 0.05) is 16.6 Å². The molecule has 2 rings (SSSR count). The molecule has 0 spiro atoms. The molecule has 1 saturated heterocycles. The first-order chi connectivity index (χ1) is 8.99. The summed E-state index contributed by atoms with van der Waals surface area (Å²) in [7, 11) is 0. The first kappa shape index (κ1) is 14.5. The molecule has 0 bridgehead atoms. The Labute approximate surface area is 121 Å². The van der Waals surface area contributed by atoms with Crippen LogP contribution in [0.3, 0.4) is 0 Å². The zero-order valence-electron chi connectivity index (χ0n) is 11.1. The van der Waals surface area contributed by atoms with Crippen molar-refractivity contribution in [1.29, 1.82) is 0 Å². The van der Waals surface area contributed by atoms with Crippen molar-refractivity contribution in [1.82, 2.24) is 10.4 Å². The molecule has 1 amide bonds. The quantitative estimate of drug-likeness (QED) is 0.901. The van der Waals surface area contributed by atoms with Gasteiger partial charge in [-0.3, -0.25) is 10.2 Å². The van der Waals surface area contributed by atoms with Gasteiger partial charge in [0.15, 0.2) is 0 Å². The summed E-state index contributed by atoms with van der Waals surface area (Å²) < 4.78 is 13.5. The second kappa shape index (κ2) is 6.01. The summed E-state index contributed by atoms with van der Waals surface area (Å²) in [6, 6.07) is 4.74. The van der Waals surface area contributed by atoms with E-state index in [0.29, 0.717) is 22.1 Å². The van der Waals surface area contributed by atoms with Crippen LogP contribution >= 0.6 is 15.9 Å². The average Bonchev–Trinajstić information content (AvgIpc) is 2.33. The molecule has 1 aliphatic heterocycles. The number of piperidine rings is 1. The Kier molecular flexibility index (Phi) is 4.58. The molecular formula is C14H18BrFN2O. The lowest BCUT2D eigenvalue weighted by Gasteiger charge is -2.38. The Morgan fingerprint density at radius 1 is 1.37 bits per heavy atom. The first-order valence-electron chi connectivity index (χ1n) is 6.53. The highest BCUT2D eigenvalue weighted by molar-refractivity contribution is 9.10. The van der Waals surface area contributed by atoms with Crippen molar-refractivity contribution in [3.05, 3.63) is 34.1 Å². The third kappa shape index (κ3) is 3.34. The highest BCUT2D eigenvalue weighted by Crippen LogP contribution is 2.22. The summed E-state index contributed by atoms with van der Waals surface area (Å²) in [4.78, 5) is 12.2. The van der Waals surface area contributed by atoms with E-state index in [9.17, 15) is 9.18 Å². The van der Waals surface area contributed by atoms with Crippen LogP contribution in [0.15, 0.2) is 22.7 Å². The van der Waals surface area contributed by atoms with E-state index in [1.807, 2.05) is 5.01 Å². The smallest absolute Gasteiger partial charge is 0.266 e. The number of hydrogen-bond donors (Lipinski definition) is 1. The van der Waals surface area contributed by atoms with E-state index in [2.05, 4.69) is 35.2 Å². The molecule has 0 saturated carbocycles. The maximum Gasteiger partial charge on any atom is 0.266 e. The van der Waals surface area contributed by atoms with Gasteiger partial charge in [0.05, 0.1) is 5.56 Å². The van der Waals surface area contributed by atoms with Gasteiger partial charge in [-0.15, -0.1) is 0 Å². The molecule has 0 aromatic heterocycles. The van der Waals surface area contributed by atoms with Crippen molar-refractivity contribution in [3.63, 3.8) is 0 Å². The van der Waals surface area contributed by atoms with Crippen LogP contribution in [0.1, 0.15) is 43.5 Å². The van der Waals surface area contributed by atoms with Crippen molar-refractivity contribution in [2.45, 2.75) is 45.2 Å². The second-order valence-electron chi connectivity index (χ2n) is 5.10. The summed E-state index contributed by atoms with van der Waals surface area (Å²) in [5, 5.41) is 2.00. The van der Waals surface area contributed by atoms with Crippen LogP contribution in [0.25, 0.3) is 0 Å². The predicted molar refractivity (Wildman–Crippen MR) is 76.2 cm³/mol. The summed E-state index contributed by atoms with van der Waals surface area (Å²) in [5.41, 5.74) is 3.39. The Bertz CT molecular complexity index is 471. The van der Waals surface area contributed by atoms with Crippen molar-refractivity contribution in [2.24, 2.45) is 0 Å². The zero-order chi connectivity index (χ0) is 14.0. The number of hydrazine groups is 1. The molecule has 1 aliphatic rings. The molecule has 2 unspecified atom stereocenters. The molecule has 1 N–H and O–H groups in total. The molecule has 19 heavy (non-hydrogen) atoms.